The van der Waals surface area contributed by atoms with Gasteiger partial charge in [-0.25, -0.2) is 9.97 Å². The Hall–Kier alpha value is -2.81. The van der Waals surface area contributed by atoms with Gasteiger partial charge in [0.05, 0.1) is 18.7 Å². The number of benzene rings is 1. The van der Waals surface area contributed by atoms with Gasteiger partial charge in [0.1, 0.15) is 6.33 Å². The molecule has 1 aromatic heterocycles. The Labute approximate surface area is 104 Å². The van der Waals surface area contributed by atoms with E-state index in [1.165, 1.54) is 13.4 Å². The highest BCUT2D eigenvalue weighted by Crippen LogP contribution is 2.28. The predicted octanol–water partition coefficient (Wildman–Crippen LogP) is 1.68. The van der Waals surface area contributed by atoms with E-state index < -0.39 is 0 Å². The quantitative estimate of drug-likeness (QED) is 0.848. The molecular formula is C12H11N5O. The molecule has 0 aliphatic carbocycles. The second-order valence-electron chi connectivity index (χ2n) is 3.45. The smallest absolute Gasteiger partial charge is 0.204 e. The molecular weight excluding hydrogens is 230 g/mol. The predicted molar refractivity (Wildman–Crippen MR) is 67.4 cm³/mol. The number of hydrogen-bond donors (Lipinski definition) is 2. The topological polar surface area (TPSA) is 96.8 Å². The van der Waals surface area contributed by atoms with Gasteiger partial charge in [-0.3, -0.25) is 0 Å². The van der Waals surface area contributed by atoms with E-state index in [1.807, 2.05) is 0 Å². The first-order valence-corrected chi connectivity index (χ1v) is 5.16. The normalized spacial score (nSPS) is 9.56. The van der Waals surface area contributed by atoms with Crippen molar-refractivity contribution in [1.29, 1.82) is 5.26 Å². The second-order valence-corrected chi connectivity index (χ2v) is 3.45. The molecule has 0 aliphatic rings. The number of nitrogen functional groups attached to an aromatic ring is 1. The SMILES string of the molecule is COc1c(N)ncnc1Nc1ccc(C#N)cc1. The van der Waals surface area contributed by atoms with Crippen LogP contribution in [0.2, 0.25) is 0 Å². The number of hydrogen-bond acceptors (Lipinski definition) is 6. The maximum absolute atomic E-state index is 8.71. The highest BCUT2D eigenvalue weighted by molar-refractivity contribution is 5.68. The third kappa shape index (κ3) is 2.30. The van der Waals surface area contributed by atoms with E-state index in [0.717, 1.165) is 5.69 Å². The summed E-state index contributed by atoms with van der Waals surface area (Å²) in [5.74, 6) is 1.14. The summed E-state index contributed by atoms with van der Waals surface area (Å²) < 4.78 is 5.13. The van der Waals surface area contributed by atoms with Crippen LogP contribution in [0.3, 0.4) is 0 Å². The van der Waals surface area contributed by atoms with Crippen LogP contribution in [0, 0.1) is 11.3 Å². The maximum Gasteiger partial charge on any atom is 0.204 e. The Kier molecular flexibility index (Phi) is 3.25. The molecule has 0 atom stereocenters. The Morgan fingerprint density at radius 1 is 1.28 bits per heavy atom. The number of nitrogens with two attached hydrogens (primary N) is 1. The number of nitrogens with zero attached hydrogens (tertiary/aromatic N) is 3. The van der Waals surface area contributed by atoms with E-state index in [4.69, 9.17) is 15.7 Å². The van der Waals surface area contributed by atoms with Gasteiger partial charge in [0.15, 0.2) is 11.6 Å². The van der Waals surface area contributed by atoms with Crippen LogP contribution in [-0.4, -0.2) is 17.1 Å². The average molecular weight is 241 g/mol. The Balaban J connectivity index is 2.28. The summed E-state index contributed by atoms with van der Waals surface area (Å²) in [5, 5.41) is 11.8. The van der Waals surface area contributed by atoms with Gasteiger partial charge < -0.3 is 15.8 Å². The fourth-order valence-corrected chi connectivity index (χ4v) is 1.44. The monoisotopic (exact) mass is 241 g/mol. The molecule has 1 heterocycles. The number of ether oxygens (including phenoxy) is 1. The molecule has 0 saturated heterocycles. The largest absolute Gasteiger partial charge is 0.490 e. The van der Waals surface area contributed by atoms with Gasteiger partial charge in [0.25, 0.3) is 0 Å². The molecule has 0 fully saturated rings. The molecule has 3 N–H and O–H groups in total. The van der Waals surface area contributed by atoms with Crippen LogP contribution < -0.4 is 15.8 Å². The summed E-state index contributed by atoms with van der Waals surface area (Å²) in [5.41, 5.74) is 7.05. The van der Waals surface area contributed by atoms with Crippen molar-refractivity contribution in [1.82, 2.24) is 9.97 Å². The molecule has 0 bridgehead atoms. The van der Waals surface area contributed by atoms with E-state index in [1.54, 1.807) is 24.3 Å². The fourth-order valence-electron chi connectivity index (χ4n) is 1.44. The van der Waals surface area contributed by atoms with Crippen LogP contribution >= 0.6 is 0 Å². The maximum atomic E-state index is 8.71. The number of aromatic nitrogens is 2. The lowest BCUT2D eigenvalue weighted by Crippen LogP contribution is -2.02. The lowest BCUT2D eigenvalue weighted by atomic mass is 10.2. The van der Waals surface area contributed by atoms with Crippen molar-refractivity contribution in [2.75, 3.05) is 18.2 Å². The first-order valence-electron chi connectivity index (χ1n) is 5.16. The molecule has 0 radical (unpaired) electrons. The van der Waals surface area contributed by atoms with Gasteiger partial charge in [-0.15, -0.1) is 0 Å². The van der Waals surface area contributed by atoms with E-state index in [0.29, 0.717) is 17.1 Å². The summed E-state index contributed by atoms with van der Waals surface area (Å²) in [6.07, 6.45) is 1.35. The van der Waals surface area contributed by atoms with Gasteiger partial charge in [-0.1, -0.05) is 0 Å². The molecule has 0 spiro atoms. The van der Waals surface area contributed by atoms with Crippen molar-refractivity contribution in [2.45, 2.75) is 0 Å². The number of nitriles is 1. The first-order chi connectivity index (χ1) is 8.74. The van der Waals surface area contributed by atoms with Gasteiger partial charge in [-0.05, 0) is 24.3 Å². The van der Waals surface area contributed by atoms with Crippen molar-refractivity contribution in [2.24, 2.45) is 0 Å². The molecule has 0 unspecified atom stereocenters. The average Bonchev–Trinajstić information content (AvgIpc) is 2.40. The molecule has 1 aromatic carbocycles. The van der Waals surface area contributed by atoms with E-state index in [2.05, 4.69) is 21.4 Å². The molecule has 0 amide bonds. The highest BCUT2D eigenvalue weighted by Gasteiger charge is 2.09. The van der Waals surface area contributed by atoms with E-state index in [9.17, 15) is 0 Å². The standard InChI is InChI=1S/C12H11N5O/c1-18-10-11(14)15-7-16-12(10)17-9-4-2-8(6-13)3-5-9/h2-5,7H,1H3,(H3,14,15,16,17). The van der Waals surface area contributed by atoms with Crippen LogP contribution in [0.25, 0.3) is 0 Å². The van der Waals surface area contributed by atoms with Crippen molar-refractivity contribution >= 4 is 17.3 Å². The summed E-state index contributed by atoms with van der Waals surface area (Å²) in [6.45, 7) is 0. The lowest BCUT2D eigenvalue weighted by molar-refractivity contribution is 0.415. The molecule has 6 nitrogen and oxygen atoms in total. The highest BCUT2D eigenvalue weighted by atomic mass is 16.5. The Morgan fingerprint density at radius 2 is 2.00 bits per heavy atom. The minimum Gasteiger partial charge on any atom is -0.490 e. The van der Waals surface area contributed by atoms with Gasteiger partial charge >= 0.3 is 0 Å². The van der Waals surface area contributed by atoms with Crippen LogP contribution in [0.15, 0.2) is 30.6 Å². The molecule has 0 aliphatic heterocycles. The van der Waals surface area contributed by atoms with Gasteiger partial charge in [-0.2, -0.15) is 5.26 Å². The minimum absolute atomic E-state index is 0.267. The molecule has 2 rings (SSSR count). The number of rotatable bonds is 3. The summed E-state index contributed by atoms with van der Waals surface area (Å²) in [4.78, 5) is 7.89. The zero-order valence-corrected chi connectivity index (χ0v) is 9.71. The van der Waals surface area contributed by atoms with Gasteiger partial charge in [0, 0.05) is 5.69 Å². The number of nitrogens with one attached hydrogen (secondary N) is 1. The third-order valence-corrected chi connectivity index (χ3v) is 2.31. The summed E-state index contributed by atoms with van der Waals surface area (Å²) in [6, 6.07) is 9.02. The van der Waals surface area contributed by atoms with E-state index >= 15 is 0 Å². The molecule has 2 aromatic rings. The fraction of sp³-hybridized carbons (Fsp3) is 0.0833. The minimum atomic E-state index is 0.267. The third-order valence-electron chi connectivity index (χ3n) is 2.31. The molecule has 6 heteroatoms. The number of anilines is 3. The summed E-state index contributed by atoms with van der Waals surface area (Å²) in [7, 11) is 1.50. The summed E-state index contributed by atoms with van der Waals surface area (Å²) >= 11 is 0. The van der Waals surface area contributed by atoms with Crippen LogP contribution in [0.5, 0.6) is 5.75 Å². The van der Waals surface area contributed by atoms with Crippen LogP contribution in [0.1, 0.15) is 5.56 Å². The lowest BCUT2D eigenvalue weighted by Gasteiger charge is -2.10. The molecule has 0 saturated carbocycles. The van der Waals surface area contributed by atoms with Crippen molar-refractivity contribution < 1.29 is 4.74 Å². The Bertz CT molecular complexity index is 588. The zero-order valence-electron chi connectivity index (χ0n) is 9.71. The number of methoxy groups -OCH3 is 1. The Morgan fingerprint density at radius 3 is 2.61 bits per heavy atom. The van der Waals surface area contributed by atoms with Gasteiger partial charge in [0.2, 0.25) is 5.75 Å². The molecule has 18 heavy (non-hydrogen) atoms. The first kappa shape index (κ1) is 11.7. The van der Waals surface area contributed by atoms with Crippen molar-refractivity contribution in [3.63, 3.8) is 0 Å². The second kappa shape index (κ2) is 5.01. The van der Waals surface area contributed by atoms with Crippen molar-refractivity contribution in [3.05, 3.63) is 36.2 Å². The van der Waals surface area contributed by atoms with Crippen molar-refractivity contribution in [3.8, 4) is 11.8 Å². The molecule has 90 valence electrons. The van der Waals surface area contributed by atoms with Crippen LogP contribution in [-0.2, 0) is 0 Å². The van der Waals surface area contributed by atoms with E-state index in [-0.39, 0.29) is 5.82 Å². The zero-order chi connectivity index (χ0) is 13.0. The van der Waals surface area contributed by atoms with Crippen LogP contribution in [0.4, 0.5) is 17.3 Å².